The van der Waals surface area contributed by atoms with Gasteiger partial charge < -0.3 is 10.6 Å². The van der Waals surface area contributed by atoms with Crippen molar-refractivity contribution in [3.63, 3.8) is 0 Å². The van der Waals surface area contributed by atoms with E-state index in [1.54, 1.807) is 41.2 Å². The van der Waals surface area contributed by atoms with E-state index in [2.05, 4.69) is 15.7 Å². The van der Waals surface area contributed by atoms with E-state index >= 15 is 0 Å². The standard InChI is InChI=1S/C17H14F2N4S/c18-13-3-1-12(2-4-13)11-23-10-9-16(22-23)21-17(24)20-15-7-5-14(19)6-8-15/h1-10H,11H2,(H2,20,21,22,24). The van der Waals surface area contributed by atoms with Gasteiger partial charge in [0.2, 0.25) is 0 Å². The van der Waals surface area contributed by atoms with Crippen LogP contribution in [0.15, 0.2) is 60.8 Å². The summed E-state index contributed by atoms with van der Waals surface area (Å²) in [5.41, 5.74) is 1.62. The molecule has 122 valence electrons. The molecule has 1 aromatic heterocycles. The van der Waals surface area contributed by atoms with Crippen LogP contribution in [0.25, 0.3) is 0 Å². The van der Waals surface area contributed by atoms with E-state index in [0.717, 1.165) is 5.56 Å². The molecule has 0 amide bonds. The average Bonchev–Trinajstić information content (AvgIpc) is 2.99. The number of anilines is 2. The second-order valence-corrected chi connectivity index (χ2v) is 5.52. The smallest absolute Gasteiger partial charge is 0.176 e. The van der Waals surface area contributed by atoms with Crippen LogP contribution in [0.4, 0.5) is 20.3 Å². The van der Waals surface area contributed by atoms with Crippen molar-refractivity contribution in [2.45, 2.75) is 6.54 Å². The Labute approximate surface area is 143 Å². The third-order valence-corrected chi connectivity index (χ3v) is 3.45. The highest BCUT2D eigenvalue weighted by Gasteiger charge is 2.03. The van der Waals surface area contributed by atoms with Crippen molar-refractivity contribution in [2.24, 2.45) is 0 Å². The molecule has 2 N–H and O–H groups in total. The minimum Gasteiger partial charge on any atom is -0.332 e. The predicted molar refractivity (Wildman–Crippen MR) is 94.0 cm³/mol. The van der Waals surface area contributed by atoms with E-state index in [9.17, 15) is 8.78 Å². The lowest BCUT2D eigenvalue weighted by Gasteiger charge is -2.08. The lowest BCUT2D eigenvalue weighted by molar-refractivity contribution is 0.624. The van der Waals surface area contributed by atoms with Gasteiger partial charge in [-0.15, -0.1) is 0 Å². The van der Waals surface area contributed by atoms with Crippen molar-refractivity contribution in [1.82, 2.24) is 9.78 Å². The molecule has 0 saturated carbocycles. The summed E-state index contributed by atoms with van der Waals surface area (Å²) in [4.78, 5) is 0. The Bertz CT molecular complexity index is 829. The largest absolute Gasteiger partial charge is 0.332 e. The lowest BCUT2D eigenvalue weighted by atomic mass is 10.2. The maximum absolute atomic E-state index is 12.9. The van der Waals surface area contributed by atoms with E-state index in [1.807, 2.05) is 0 Å². The number of halogens is 2. The molecule has 3 rings (SSSR count). The van der Waals surface area contributed by atoms with Gasteiger partial charge in [-0.3, -0.25) is 4.68 Å². The molecule has 7 heteroatoms. The number of hydrogen-bond donors (Lipinski definition) is 2. The number of nitrogens with zero attached hydrogens (tertiary/aromatic N) is 2. The molecular weight excluding hydrogens is 330 g/mol. The maximum atomic E-state index is 12.9. The van der Waals surface area contributed by atoms with Gasteiger partial charge in [-0.2, -0.15) is 5.10 Å². The highest BCUT2D eigenvalue weighted by atomic mass is 32.1. The fourth-order valence-electron chi connectivity index (χ4n) is 2.11. The summed E-state index contributed by atoms with van der Waals surface area (Å²) in [6.45, 7) is 0.528. The van der Waals surface area contributed by atoms with E-state index in [1.165, 1.54) is 24.3 Å². The Morgan fingerprint density at radius 1 is 0.917 bits per heavy atom. The van der Waals surface area contributed by atoms with Crippen molar-refractivity contribution >= 4 is 28.8 Å². The van der Waals surface area contributed by atoms with Crippen LogP contribution in [-0.4, -0.2) is 14.9 Å². The fraction of sp³-hybridized carbons (Fsp3) is 0.0588. The molecule has 0 spiro atoms. The quantitative estimate of drug-likeness (QED) is 0.702. The molecule has 0 bridgehead atoms. The topological polar surface area (TPSA) is 41.9 Å². The van der Waals surface area contributed by atoms with E-state index in [4.69, 9.17) is 12.2 Å². The Morgan fingerprint density at radius 2 is 1.54 bits per heavy atom. The third-order valence-electron chi connectivity index (χ3n) is 3.24. The zero-order valence-electron chi connectivity index (χ0n) is 12.5. The van der Waals surface area contributed by atoms with Gasteiger partial charge in [-0.05, 0) is 54.2 Å². The average molecular weight is 344 g/mol. The summed E-state index contributed by atoms with van der Waals surface area (Å²) < 4.78 is 27.5. The van der Waals surface area contributed by atoms with Gasteiger partial charge in [0, 0.05) is 18.0 Å². The minimum absolute atomic E-state index is 0.265. The molecule has 3 aromatic rings. The highest BCUT2D eigenvalue weighted by molar-refractivity contribution is 7.80. The van der Waals surface area contributed by atoms with Crippen LogP contribution < -0.4 is 10.6 Å². The summed E-state index contributed by atoms with van der Waals surface area (Å²) in [5.74, 6) is 0.00877. The highest BCUT2D eigenvalue weighted by Crippen LogP contribution is 2.11. The zero-order chi connectivity index (χ0) is 16.9. The van der Waals surface area contributed by atoms with Gasteiger partial charge in [0.25, 0.3) is 0 Å². The number of thiocarbonyl (C=S) groups is 1. The first-order valence-corrected chi connectivity index (χ1v) is 7.61. The first kappa shape index (κ1) is 16.1. The summed E-state index contributed by atoms with van der Waals surface area (Å²) in [5, 5.41) is 10.6. The Morgan fingerprint density at radius 3 is 2.21 bits per heavy atom. The molecule has 0 fully saturated rings. The van der Waals surface area contributed by atoms with Crippen molar-refractivity contribution < 1.29 is 8.78 Å². The Hall–Kier alpha value is -2.80. The number of benzene rings is 2. The molecular formula is C17H14F2N4S. The molecule has 0 unspecified atom stereocenters. The molecule has 0 aliphatic heterocycles. The summed E-state index contributed by atoms with van der Waals surface area (Å²) in [7, 11) is 0. The van der Waals surface area contributed by atoms with E-state index in [-0.39, 0.29) is 11.6 Å². The van der Waals surface area contributed by atoms with Crippen LogP contribution in [0.3, 0.4) is 0 Å². The van der Waals surface area contributed by atoms with Crippen LogP contribution in [-0.2, 0) is 6.54 Å². The van der Waals surface area contributed by atoms with Gasteiger partial charge >= 0.3 is 0 Å². The molecule has 0 radical (unpaired) electrons. The van der Waals surface area contributed by atoms with Crippen molar-refractivity contribution in [2.75, 3.05) is 10.6 Å². The van der Waals surface area contributed by atoms with Gasteiger partial charge in [-0.25, -0.2) is 8.78 Å². The summed E-state index contributed by atoms with van der Waals surface area (Å²) in [6, 6.07) is 13.9. The van der Waals surface area contributed by atoms with Gasteiger partial charge in [0.05, 0.1) is 6.54 Å². The normalized spacial score (nSPS) is 10.4. The van der Waals surface area contributed by atoms with Gasteiger partial charge in [-0.1, -0.05) is 12.1 Å². The van der Waals surface area contributed by atoms with Crippen LogP contribution >= 0.6 is 12.2 Å². The molecule has 1 heterocycles. The van der Waals surface area contributed by atoms with Crippen LogP contribution in [0, 0.1) is 11.6 Å². The molecule has 0 aliphatic rings. The van der Waals surface area contributed by atoms with E-state index < -0.39 is 0 Å². The second-order valence-electron chi connectivity index (χ2n) is 5.11. The van der Waals surface area contributed by atoms with E-state index in [0.29, 0.717) is 23.2 Å². The van der Waals surface area contributed by atoms with Crippen molar-refractivity contribution in [1.29, 1.82) is 0 Å². The Kier molecular flexibility index (Phi) is 4.81. The predicted octanol–water partition coefficient (Wildman–Crippen LogP) is 4.02. The molecule has 2 aromatic carbocycles. The number of aromatic nitrogens is 2. The monoisotopic (exact) mass is 344 g/mol. The zero-order valence-corrected chi connectivity index (χ0v) is 13.4. The second kappa shape index (κ2) is 7.18. The van der Waals surface area contributed by atoms with Gasteiger partial charge in [0.15, 0.2) is 10.9 Å². The molecule has 0 aliphatic carbocycles. The van der Waals surface area contributed by atoms with Crippen LogP contribution in [0.2, 0.25) is 0 Å². The first-order valence-electron chi connectivity index (χ1n) is 7.20. The number of hydrogen-bond acceptors (Lipinski definition) is 2. The SMILES string of the molecule is Fc1ccc(Cn2ccc(NC(=S)Nc3ccc(F)cc3)n2)cc1. The summed E-state index contributed by atoms with van der Waals surface area (Å²) >= 11 is 5.20. The van der Waals surface area contributed by atoms with Gasteiger partial charge in [0.1, 0.15) is 11.6 Å². The van der Waals surface area contributed by atoms with Crippen LogP contribution in [0.5, 0.6) is 0 Å². The maximum Gasteiger partial charge on any atom is 0.176 e. The first-order chi connectivity index (χ1) is 11.6. The summed E-state index contributed by atoms with van der Waals surface area (Å²) in [6.07, 6.45) is 1.80. The minimum atomic E-state index is -0.307. The van der Waals surface area contributed by atoms with Crippen LogP contribution in [0.1, 0.15) is 5.56 Å². The number of rotatable bonds is 4. The molecule has 0 saturated heterocycles. The molecule has 0 atom stereocenters. The Balaban J connectivity index is 1.58. The fourth-order valence-corrected chi connectivity index (χ4v) is 2.33. The lowest BCUT2D eigenvalue weighted by Crippen LogP contribution is -2.19. The van der Waals surface area contributed by atoms with Crippen molar-refractivity contribution in [3.05, 3.63) is 78.0 Å². The molecule has 24 heavy (non-hydrogen) atoms. The third kappa shape index (κ3) is 4.36. The number of nitrogens with one attached hydrogen (secondary N) is 2. The molecule has 4 nitrogen and oxygen atoms in total. The van der Waals surface area contributed by atoms with Crippen molar-refractivity contribution in [3.8, 4) is 0 Å².